The Bertz CT molecular complexity index is 361. The van der Waals surface area contributed by atoms with Gasteiger partial charge in [-0.05, 0) is 36.0 Å². The van der Waals surface area contributed by atoms with Crippen LogP contribution in [0, 0.1) is 11.3 Å². The van der Waals surface area contributed by atoms with Gasteiger partial charge in [-0.3, -0.25) is 0 Å². The molecule has 1 nitrogen and oxygen atoms in total. The number of hydrogen-bond donors (Lipinski definition) is 0. The fraction of sp³-hybridized carbons (Fsp3) is 0.364. The molecule has 0 radical (unpaired) electrons. The smallest absolute Gasteiger partial charge is 0.0669 e. The van der Waals surface area contributed by atoms with Crippen molar-refractivity contribution in [3.63, 3.8) is 0 Å². The molecule has 0 bridgehead atoms. The Morgan fingerprint density at radius 1 is 1.46 bits per heavy atom. The molecule has 1 aromatic carbocycles. The summed E-state index contributed by atoms with van der Waals surface area (Å²) in [5.41, 5.74) is 2.50. The first-order valence-corrected chi connectivity index (χ1v) is 5.26. The Labute approximate surface area is 86.5 Å². The molecule has 1 fully saturated rings. The normalized spacial score (nSPS) is 15.4. The first-order chi connectivity index (χ1) is 6.31. The second-order valence-corrected chi connectivity index (χ2v) is 4.32. The van der Waals surface area contributed by atoms with Crippen LogP contribution in [0.15, 0.2) is 22.7 Å². The van der Waals surface area contributed by atoms with Gasteiger partial charge in [0.2, 0.25) is 0 Å². The van der Waals surface area contributed by atoms with E-state index < -0.39 is 0 Å². The number of benzene rings is 1. The summed E-state index contributed by atoms with van der Waals surface area (Å²) in [6.07, 6.45) is 3.13. The zero-order valence-electron chi connectivity index (χ0n) is 7.26. The number of rotatable bonds is 2. The monoisotopic (exact) mass is 235 g/mol. The Balaban J connectivity index is 2.27. The Morgan fingerprint density at radius 3 is 2.77 bits per heavy atom. The molecule has 0 saturated heterocycles. The van der Waals surface area contributed by atoms with E-state index >= 15 is 0 Å². The van der Waals surface area contributed by atoms with E-state index in [4.69, 9.17) is 5.26 Å². The standard InChI is InChI=1S/C11H10BrN/c12-11-7-8(5-6-13)1-4-10(11)9-2-3-9/h1,4,7,9H,2-3,5H2. The van der Waals surface area contributed by atoms with Gasteiger partial charge in [0.05, 0.1) is 12.5 Å². The van der Waals surface area contributed by atoms with Crippen molar-refractivity contribution in [3.05, 3.63) is 33.8 Å². The maximum atomic E-state index is 8.54. The second-order valence-electron chi connectivity index (χ2n) is 3.47. The van der Waals surface area contributed by atoms with Gasteiger partial charge >= 0.3 is 0 Å². The van der Waals surface area contributed by atoms with E-state index in [9.17, 15) is 0 Å². The minimum Gasteiger partial charge on any atom is -0.198 e. The van der Waals surface area contributed by atoms with Crippen LogP contribution in [0.1, 0.15) is 29.9 Å². The summed E-state index contributed by atoms with van der Waals surface area (Å²) >= 11 is 3.55. The van der Waals surface area contributed by atoms with E-state index in [2.05, 4.69) is 40.2 Å². The summed E-state index contributed by atoms with van der Waals surface area (Å²) in [4.78, 5) is 0. The predicted octanol–water partition coefficient (Wildman–Crippen LogP) is 3.39. The van der Waals surface area contributed by atoms with Crippen molar-refractivity contribution in [2.45, 2.75) is 25.2 Å². The molecule has 0 amide bonds. The van der Waals surface area contributed by atoms with Crippen molar-refractivity contribution < 1.29 is 0 Å². The zero-order chi connectivity index (χ0) is 9.26. The molecule has 0 aromatic heterocycles. The lowest BCUT2D eigenvalue weighted by atomic mass is 10.1. The second kappa shape index (κ2) is 3.51. The van der Waals surface area contributed by atoms with Crippen molar-refractivity contribution in [2.24, 2.45) is 0 Å². The molecule has 2 heteroatoms. The highest BCUT2D eigenvalue weighted by molar-refractivity contribution is 9.10. The fourth-order valence-electron chi connectivity index (χ4n) is 1.50. The minimum absolute atomic E-state index is 0.504. The van der Waals surface area contributed by atoms with E-state index in [1.54, 1.807) is 0 Å². The fourth-order valence-corrected chi connectivity index (χ4v) is 2.25. The van der Waals surface area contributed by atoms with Crippen molar-refractivity contribution >= 4 is 15.9 Å². The molecule has 0 heterocycles. The Kier molecular flexibility index (Phi) is 2.37. The number of nitrogens with zero attached hydrogens (tertiary/aromatic N) is 1. The lowest BCUT2D eigenvalue weighted by Crippen LogP contribution is -1.86. The third-order valence-corrected chi connectivity index (χ3v) is 3.05. The summed E-state index contributed by atoms with van der Waals surface area (Å²) in [6.45, 7) is 0. The van der Waals surface area contributed by atoms with Crippen LogP contribution in [-0.4, -0.2) is 0 Å². The molecule has 13 heavy (non-hydrogen) atoms. The molecular weight excluding hydrogens is 226 g/mol. The van der Waals surface area contributed by atoms with Crippen molar-refractivity contribution in [2.75, 3.05) is 0 Å². The molecule has 1 aliphatic rings. The highest BCUT2D eigenvalue weighted by Crippen LogP contribution is 2.43. The summed E-state index contributed by atoms with van der Waals surface area (Å²) in [6, 6.07) is 8.43. The van der Waals surface area contributed by atoms with Crippen LogP contribution in [0.25, 0.3) is 0 Å². The summed E-state index contributed by atoms with van der Waals surface area (Å²) in [5, 5.41) is 8.54. The van der Waals surface area contributed by atoms with Gasteiger partial charge in [-0.25, -0.2) is 0 Å². The quantitative estimate of drug-likeness (QED) is 0.772. The lowest BCUT2D eigenvalue weighted by Gasteiger charge is -2.03. The molecule has 0 N–H and O–H groups in total. The number of nitriles is 1. The number of hydrogen-bond acceptors (Lipinski definition) is 1. The average molecular weight is 236 g/mol. The van der Waals surface area contributed by atoms with Crippen molar-refractivity contribution in [1.82, 2.24) is 0 Å². The molecule has 0 aliphatic heterocycles. The van der Waals surface area contributed by atoms with Crippen LogP contribution in [0.4, 0.5) is 0 Å². The maximum absolute atomic E-state index is 8.54. The summed E-state index contributed by atoms with van der Waals surface area (Å²) in [7, 11) is 0. The van der Waals surface area contributed by atoms with Crippen molar-refractivity contribution in [1.29, 1.82) is 5.26 Å². The van der Waals surface area contributed by atoms with E-state index in [1.807, 2.05) is 0 Å². The van der Waals surface area contributed by atoms with Gasteiger partial charge in [0, 0.05) is 4.47 Å². The van der Waals surface area contributed by atoms with Gasteiger partial charge < -0.3 is 0 Å². The third-order valence-electron chi connectivity index (χ3n) is 2.37. The van der Waals surface area contributed by atoms with Crippen LogP contribution >= 0.6 is 15.9 Å². The SMILES string of the molecule is N#CCc1ccc(C2CC2)c(Br)c1. The minimum atomic E-state index is 0.504. The highest BCUT2D eigenvalue weighted by atomic mass is 79.9. The van der Waals surface area contributed by atoms with Crippen LogP contribution in [-0.2, 0) is 6.42 Å². The highest BCUT2D eigenvalue weighted by Gasteiger charge is 2.25. The van der Waals surface area contributed by atoms with Crippen LogP contribution in [0.2, 0.25) is 0 Å². The largest absolute Gasteiger partial charge is 0.198 e. The summed E-state index contributed by atoms with van der Waals surface area (Å²) < 4.78 is 1.17. The molecule has 1 aliphatic carbocycles. The first kappa shape index (κ1) is 8.77. The molecule has 0 unspecified atom stereocenters. The van der Waals surface area contributed by atoms with Gasteiger partial charge in [-0.2, -0.15) is 5.26 Å². The average Bonchev–Trinajstić information content (AvgIpc) is 2.88. The lowest BCUT2D eigenvalue weighted by molar-refractivity contribution is 1.10. The van der Waals surface area contributed by atoms with Gasteiger partial charge in [-0.15, -0.1) is 0 Å². The van der Waals surface area contributed by atoms with Gasteiger partial charge in [0.25, 0.3) is 0 Å². The Morgan fingerprint density at radius 2 is 2.23 bits per heavy atom. The van der Waals surface area contributed by atoms with Crippen LogP contribution in [0.5, 0.6) is 0 Å². The zero-order valence-corrected chi connectivity index (χ0v) is 8.84. The predicted molar refractivity (Wildman–Crippen MR) is 55.4 cm³/mol. The topological polar surface area (TPSA) is 23.8 Å². The van der Waals surface area contributed by atoms with Gasteiger partial charge in [0.1, 0.15) is 0 Å². The Hall–Kier alpha value is -0.810. The molecule has 66 valence electrons. The van der Waals surface area contributed by atoms with Crippen molar-refractivity contribution in [3.8, 4) is 6.07 Å². The molecular formula is C11H10BrN. The van der Waals surface area contributed by atoms with E-state index in [-0.39, 0.29) is 0 Å². The molecule has 1 saturated carbocycles. The van der Waals surface area contributed by atoms with Gasteiger partial charge in [-0.1, -0.05) is 28.1 Å². The van der Waals surface area contributed by atoms with E-state index in [0.717, 1.165) is 11.5 Å². The first-order valence-electron chi connectivity index (χ1n) is 4.46. The molecule has 0 spiro atoms. The van der Waals surface area contributed by atoms with E-state index in [0.29, 0.717) is 6.42 Å². The van der Waals surface area contributed by atoms with E-state index in [1.165, 1.54) is 22.9 Å². The molecule has 1 aromatic rings. The van der Waals surface area contributed by atoms with Gasteiger partial charge in [0.15, 0.2) is 0 Å². The van der Waals surface area contributed by atoms with Crippen LogP contribution in [0.3, 0.4) is 0 Å². The third kappa shape index (κ3) is 1.92. The number of halogens is 1. The maximum Gasteiger partial charge on any atom is 0.0669 e. The molecule has 2 rings (SSSR count). The van der Waals surface area contributed by atoms with Crippen LogP contribution < -0.4 is 0 Å². The molecule has 0 atom stereocenters. The summed E-state index contributed by atoms with van der Waals surface area (Å²) in [5.74, 6) is 0.769.